The number of nitrogens with zero attached hydrogens (tertiary/aromatic N) is 3. The second-order valence-electron chi connectivity index (χ2n) is 7.22. The normalized spacial score (nSPS) is 16.1. The highest BCUT2D eigenvalue weighted by Gasteiger charge is 2.31. The second-order valence-corrected chi connectivity index (χ2v) is 9.12. The van der Waals surface area contributed by atoms with Gasteiger partial charge in [0.25, 0.3) is 0 Å². The Morgan fingerprint density at radius 2 is 1.83 bits per heavy atom. The van der Waals surface area contributed by atoms with Crippen LogP contribution in [-0.2, 0) is 16.6 Å². The number of Topliss-reactive ketones (excluding diaryl/α,β-unsaturated/α-hetero) is 1. The lowest BCUT2D eigenvalue weighted by atomic mass is 10.1. The third-order valence-corrected chi connectivity index (χ3v) is 7.27. The van der Waals surface area contributed by atoms with Crippen molar-refractivity contribution in [3.8, 4) is 0 Å². The number of allylic oxidation sites excluding steroid dienone is 1. The van der Waals surface area contributed by atoms with Crippen LogP contribution in [0.5, 0.6) is 0 Å². The molecule has 29 heavy (non-hydrogen) atoms. The number of piperazine rings is 1. The first kappa shape index (κ1) is 21.4. The molecule has 0 amide bonds. The Labute approximate surface area is 171 Å². The Kier molecular flexibility index (Phi) is 6.36. The molecule has 1 aliphatic rings. The summed E-state index contributed by atoms with van der Waals surface area (Å²) >= 11 is 0. The number of hydrogen-bond donors (Lipinski definition) is 0. The Morgan fingerprint density at radius 3 is 2.45 bits per heavy atom. The Morgan fingerprint density at radius 1 is 1.17 bits per heavy atom. The fourth-order valence-electron chi connectivity index (χ4n) is 3.70. The molecule has 0 aliphatic carbocycles. The van der Waals surface area contributed by atoms with Crippen LogP contribution in [0.1, 0.15) is 21.7 Å². The third-order valence-electron chi connectivity index (χ3n) is 5.34. The highest BCUT2D eigenvalue weighted by Crippen LogP contribution is 2.21. The SMILES string of the molecule is C=CCn1c(C)cc(C(=O)CN2CCN(S(=O)(=O)c3ccccc3F)CC2)c1C. The van der Waals surface area contributed by atoms with Crippen LogP contribution in [0.4, 0.5) is 4.39 Å². The molecule has 8 heteroatoms. The molecule has 0 unspecified atom stereocenters. The Balaban J connectivity index is 1.64. The molecule has 1 aliphatic heterocycles. The molecule has 1 saturated heterocycles. The average Bonchev–Trinajstić information content (AvgIpc) is 2.97. The molecule has 2 aromatic rings. The number of sulfonamides is 1. The minimum absolute atomic E-state index is 0.0128. The van der Waals surface area contributed by atoms with Crippen molar-refractivity contribution in [1.29, 1.82) is 0 Å². The minimum atomic E-state index is -3.88. The van der Waals surface area contributed by atoms with Crippen molar-refractivity contribution in [2.24, 2.45) is 0 Å². The second kappa shape index (κ2) is 8.61. The highest BCUT2D eigenvalue weighted by molar-refractivity contribution is 7.89. The number of ketones is 1. The van der Waals surface area contributed by atoms with E-state index in [9.17, 15) is 17.6 Å². The van der Waals surface area contributed by atoms with Gasteiger partial charge in [-0.25, -0.2) is 12.8 Å². The van der Waals surface area contributed by atoms with Gasteiger partial charge >= 0.3 is 0 Å². The minimum Gasteiger partial charge on any atom is -0.345 e. The number of carbonyl (C=O) groups is 1. The summed E-state index contributed by atoms with van der Waals surface area (Å²) in [5.41, 5.74) is 2.60. The molecular formula is C21H26FN3O3S. The molecule has 0 N–H and O–H groups in total. The summed E-state index contributed by atoms with van der Waals surface area (Å²) in [6, 6.07) is 7.28. The van der Waals surface area contributed by atoms with Gasteiger partial charge in [-0.3, -0.25) is 9.69 Å². The predicted octanol–water partition coefficient (Wildman–Crippen LogP) is 2.62. The molecule has 0 bridgehead atoms. The fraction of sp³-hybridized carbons (Fsp3) is 0.381. The van der Waals surface area contributed by atoms with Crippen molar-refractivity contribution < 1.29 is 17.6 Å². The fourth-order valence-corrected chi connectivity index (χ4v) is 5.19. The van der Waals surface area contributed by atoms with Gasteiger partial charge in [-0.15, -0.1) is 6.58 Å². The van der Waals surface area contributed by atoms with E-state index in [1.165, 1.54) is 22.5 Å². The summed E-state index contributed by atoms with van der Waals surface area (Å²) in [5.74, 6) is -0.737. The van der Waals surface area contributed by atoms with E-state index in [4.69, 9.17) is 0 Å². The Bertz CT molecular complexity index is 1020. The lowest BCUT2D eigenvalue weighted by Crippen LogP contribution is -2.49. The standard InChI is InChI=1S/C21H26FN3O3S/c1-4-9-25-16(2)14-18(17(25)3)20(26)15-23-10-12-24(13-11-23)29(27,28)21-8-6-5-7-19(21)22/h4-8,14H,1,9-13,15H2,2-3H3. The summed E-state index contributed by atoms with van der Waals surface area (Å²) in [6.45, 7) is 9.79. The van der Waals surface area contributed by atoms with Gasteiger partial charge in [-0.05, 0) is 32.0 Å². The van der Waals surface area contributed by atoms with E-state index in [2.05, 4.69) is 6.58 Å². The smallest absolute Gasteiger partial charge is 0.246 e. The number of carbonyl (C=O) groups excluding carboxylic acids is 1. The molecule has 1 aromatic carbocycles. The van der Waals surface area contributed by atoms with E-state index < -0.39 is 15.8 Å². The summed E-state index contributed by atoms with van der Waals surface area (Å²) in [7, 11) is -3.88. The summed E-state index contributed by atoms with van der Waals surface area (Å²) in [4.78, 5) is 14.4. The van der Waals surface area contributed by atoms with Crippen molar-refractivity contribution in [1.82, 2.24) is 13.8 Å². The number of rotatable bonds is 7. The van der Waals surface area contributed by atoms with Gasteiger partial charge < -0.3 is 4.57 Å². The number of hydrogen-bond acceptors (Lipinski definition) is 4. The van der Waals surface area contributed by atoms with Gasteiger partial charge in [0.2, 0.25) is 10.0 Å². The van der Waals surface area contributed by atoms with E-state index in [1.54, 1.807) is 6.08 Å². The lowest BCUT2D eigenvalue weighted by Gasteiger charge is -2.33. The molecule has 0 atom stereocenters. The van der Waals surface area contributed by atoms with Crippen LogP contribution in [0, 0.1) is 19.7 Å². The molecule has 0 radical (unpaired) electrons. The lowest BCUT2D eigenvalue weighted by molar-refractivity contribution is 0.0901. The summed E-state index contributed by atoms with van der Waals surface area (Å²) in [6.07, 6.45) is 1.80. The van der Waals surface area contributed by atoms with E-state index in [-0.39, 0.29) is 30.3 Å². The number of halogens is 1. The number of aromatic nitrogens is 1. The van der Waals surface area contributed by atoms with Gasteiger partial charge in [0.15, 0.2) is 5.78 Å². The molecule has 0 saturated carbocycles. The van der Waals surface area contributed by atoms with Crippen LogP contribution in [0.15, 0.2) is 47.9 Å². The van der Waals surface area contributed by atoms with Crippen LogP contribution < -0.4 is 0 Å². The van der Waals surface area contributed by atoms with Gasteiger partial charge in [-0.2, -0.15) is 4.31 Å². The van der Waals surface area contributed by atoms with E-state index in [0.717, 1.165) is 17.5 Å². The number of aryl methyl sites for hydroxylation is 1. The van der Waals surface area contributed by atoms with Crippen molar-refractivity contribution in [3.63, 3.8) is 0 Å². The van der Waals surface area contributed by atoms with Gasteiger partial charge in [0.05, 0.1) is 6.54 Å². The first-order valence-corrected chi connectivity index (χ1v) is 11.0. The van der Waals surface area contributed by atoms with Crippen molar-refractivity contribution in [2.45, 2.75) is 25.3 Å². The van der Waals surface area contributed by atoms with E-state index in [1.807, 2.05) is 29.4 Å². The zero-order valence-corrected chi connectivity index (χ0v) is 17.6. The molecule has 1 fully saturated rings. The van der Waals surface area contributed by atoms with Crippen LogP contribution >= 0.6 is 0 Å². The van der Waals surface area contributed by atoms with E-state index in [0.29, 0.717) is 25.2 Å². The first-order chi connectivity index (χ1) is 13.8. The predicted molar refractivity (Wildman–Crippen MR) is 110 cm³/mol. The van der Waals surface area contributed by atoms with Crippen molar-refractivity contribution >= 4 is 15.8 Å². The van der Waals surface area contributed by atoms with Gasteiger partial charge in [-0.1, -0.05) is 18.2 Å². The Hall–Kier alpha value is -2.29. The quantitative estimate of drug-likeness (QED) is 0.511. The summed E-state index contributed by atoms with van der Waals surface area (Å²) in [5, 5.41) is 0. The van der Waals surface area contributed by atoms with E-state index >= 15 is 0 Å². The summed E-state index contributed by atoms with van der Waals surface area (Å²) < 4.78 is 42.6. The van der Waals surface area contributed by atoms with Crippen molar-refractivity contribution in [3.05, 3.63) is 65.8 Å². The maximum atomic E-state index is 13.9. The average molecular weight is 420 g/mol. The van der Waals surface area contributed by atoms with Crippen molar-refractivity contribution in [2.75, 3.05) is 32.7 Å². The van der Waals surface area contributed by atoms with Crippen LogP contribution in [-0.4, -0.2) is 60.7 Å². The molecule has 0 spiro atoms. The third kappa shape index (κ3) is 4.34. The molecule has 2 heterocycles. The highest BCUT2D eigenvalue weighted by atomic mass is 32.2. The number of benzene rings is 1. The van der Waals surface area contributed by atoms with Crippen LogP contribution in [0.3, 0.4) is 0 Å². The van der Waals surface area contributed by atoms with Crippen LogP contribution in [0.2, 0.25) is 0 Å². The maximum Gasteiger partial charge on any atom is 0.246 e. The van der Waals surface area contributed by atoms with Gasteiger partial charge in [0, 0.05) is 49.7 Å². The zero-order chi connectivity index (χ0) is 21.2. The molecule has 156 valence electrons. The molecule has 6 nitrogen and oxygen atoms in total. The largest absolute Gasteiger partial charge is 0.345 e. The van der Waals surface area contributed by atoms with Gasteiger partial charge in [0.1, 0.15) is 10.7 Å². The van der Waals surface area contributed by atoms with Crippen LogP contribution in [0.25, 0.3) is 0 Å². The zero-order valence-electron chi connectivity index (χ0n) is 16.8. The molecule has 3 rings (SSSR count). The first-order valence-electron chi connectivity index (χ1n) is 9.53. The maximum absolute atomic E-state index is 13.9. The molecule has 1 aromatic heterocycles. The monoisotopic (exact) mass is 419 g/mol. The topological polar surface area (TPSA) is 62.6 Å². The molecular weight excluding hydrogens is 393 g/mol.